The minimum atomic E-state index is -0.408. The van der Waals surface area contributed by atoms with Crippen molar-refractivity contribution in [3.05, 3.63) is 45.0 Å². The van der Waals surface area contributed by atoms with Gasteiger partial charge in [0.15, 0.2) is 0 Å². The number of benzene rings is 1. The van der Waals surface area contributed by atoms with E-state index in [1.165, 1.54) is 6.92 Å². The molecule has 1 aromatic carbocycles. The molecule has 4 nitrogen and oxygen atoms in total. The monoisotopic (exact) mass is 241 g/mol. The number of nitro groups is 1. The third kappa shape index (κ3) is 3.98. The third-order valence-corrected chi connectivity index (χ3v) is 2.46. The van der Waals surface area contributed by atoms with E-state index >= 15 is 0 Å². The zero-order valence-electron chi connectivity index (χ0n) is 8.85. The van der Waals surface area contributed by atoms with E-state index in [0.29, 0.717) is 5.02 Å². The van der Waals surface area contributed by atoms with Crippen molar-refractivity contribution in [2.24, 2.45) is 0 Å². The standard InChI is InChI=1S/C11H12ClNO3/c1-8(14)5-10(7-13(15)16)9-3-2-4-11(12)6-9/h2-4,6,10H,5,7H2,1H3/t10-/m1/s1. The fraction of sp³-hybridized carbons (Fsp3) is 0.364. The Kier molecular flexibility index (Phi) is 4.43. The van der Waals surface area contributed by atoms with Crippen LogP contribution in [0.2, 0.25) is 5.02 Å². The summed E-state index contributed by atoms with van der Waals surface area (Å²) in [5, 5.41) is 11.0. The van der Waals surface area contributed by atoms with Gasteiger partial charge in [0.2, 0.25) is 6.54 Å². The van der Waals surface area contributed by atoms with E-state index in [-0.39, 0.29) is 18.7 Å². The van der Waals surface area contributed by atoms with Crippen LogP contribution in [0.4, 0.5) is 0 Å². The number of carbonyl (C=O) groups excluding carboxylic acids is 1. The first-order valence-corrected chi connectivity index (χ1v) is 5.23. The number of ketones is 1. The van der Waals surface area contributed by atoms with E-state index < -0.39 is 10.8 Å². The van der Waals surface area contributed by atoms with Gasteiger partial charge in [0, 0.05) is 16.4 Å². The molecule has 0 radical (unpaired) electrons. The Morgan fingerprint density at radius 3 is 2.75 bits per heavy atom. The van der Waals surface area contributed by atoms with Crippen LogP contribution in [0.5, 0.6) is 0 Å². The van der Waals surface area contributed by atoms with Gasteiger partial charge in [-0.05, 0) is 24.6 Å². The summed E-state index contributed by atoms with van der Waals surface area (Å²) in [7, 11) is 0. The number of hydrogen-bond acceptors (Lipinski definition) is 3. The third-order valence-electron chi connectivity index (χ3n) is 2.22. The number of halogens is 1. The van der Waals surface area contributed by atoms with Gasteiger partial charge >= 0.3 is 0 Å². The molecule has 0 aromatic heterocycles. The van der Waals surface area contributed by atoms with Crippen LogP contribution in [-0.2, 0) is 4.79 Å². The van der Waals surface area contributed by atoms with Crippen LogP contribution in [0.3, 0.4) is 0 Å². The van der Waals surface area contributed by atoms with Gasteiger partial charge in [-0.1, -0.05) is 23.7 Å². The van der Waals surface area contributed by atoms with Crippen LogP contribution in [0.25, 0.3) is 0 Å². The molecule has 0 spiro atoms. The molecule has 0 bridgehead atoms. The highest BCUT2D eigenvalue weighted by atomic mass is 35.5. The highest BCUT2D eigenvalue weighted by Gasteiger charge is 2.19. The number of Topliss-reactive ketones (excluding diaryl/α,β-unsaturated/α-hetero) is 1. The van der Waals surface area contributed by atoms with Gasteiger partial charge in [-0.25, -0.2) is 0 Å². The van der Waals surface area contributed by atoms with Gasteiger partial charge in [-0.3, -0.25) is 10.1 Å². The zero-order valence-corrected chi connectivity index (χ0v) is 9.61. The second-order valence-corrected chi connectivity index (χ2v) is 4.11. The predicted octanol–water partition coefficient (Wildman–Crippen LogP) is 2.68. The summed E-state index contributed by atoms with van der Waals surface area (Å²) in [5.41, 5.74) is 0.736. The fourth-order valence-electron chi connectivity index (χ4n) is 1.58. The van der Waals surface area contributed by atoms with Crippen molar-refractivity contribution in [2.45, 2.75) is 19.3 Å². The fourth-order valence-corrected chi connectivity index (χ4v) is 1.77. The lowest BCUT2D eigenvalue weighted by Gasteiger charge is -2.11. The molecule has 0 unspecified atom stereocenters. The maximum atomic E-state index is 11.0. The molecule has 1 rings (SSSR count). The summed E-state index contributed by atoms with van der Waals surface area (Å²) < 4.78 is 0. The first-order chi connectivity index (χ1) is 7.49. The molecule has 0 amide bonds. The molecule has 0 aliphatic rings. The van der Waals surface area contributed by atoms with Crippen molar-refractivity contribution in [3.8, 4) is 0 Å². The Bertz CT molecular complexity index is 390. The van der Waals surface area contributed by atoms with Gasteiger partial charge in [-0.2, -0.15) is 0 Å². The van der Waals surface area contributed by atoms with E-state index in [0.717, 1.165) is 5.56 Å². The smallest absolute Gasteiger partial charge is 0.211 e. The summed E-state index contributed by atoms with van der Waals surface area (Å²) in [6.07, 6.45) is 0.168. The highest BCUT2D eigenvalue weighted by Crippen LogP contribution is 2.23. The quantitative estimate of drug-likeness (QED) is 0.588. The van der Waals surface area contributed by atoms with E-state index in [1.54, 1.807) is 24.3 Å². The Morgan fingerprint density at radius 2 is 2.25 bits per heavy atom. The number of hydrogen-bond donors (Lipinski definition) is 0. The van der Waals surface area contributed by atoms with Gasteiger partial charge in [0.25, 0.3) is 0 Å². The lowest BCUT2D eigenvalue weighted by molar-refractivity contribution is -0.483. The molecule has 16 heavy (non-hydrogen) atoms. The molecule has 0 saturated heterocycles. The van der Waals surface area contributed by atoms with Crippen LogP contribution < -0.4 is 0 Å². The van der Waals surface area contributed by atoms with Crippen LogP contribution in [0.1, 0.15) is 24.8 Å². The van der Waals surface area contributed by atoms with Crippen LogP contribution >= 0.6 is 11.6 Å². The van der Waals surface area contributed by atoms with Gasteiger partial charge in [-0.15, -0.1) is 0 Å². The summed E-state index contributed by atoms with van der Waals surface area (Å²) in [6, 6.07) is 6.84. The molecule has 0 N–H and O–H groups in total. The number of nitrogens with zero attached hydrogens (tertiary/aromatic N) is 1. The van der Waals surface area contributed by atoms with Crippen LogP contribution in [-0.4, -0.2) is 17.3 Å². The van der Waals surface area contributed by atoms with Crippen molar-refractivity contribution in [2.75, 3.05) is 6.54 Å². The normalized spacial score (nSPS) is 12.1. The van der Waals surface area contributed by atoms with Crippen molar-refractivity contribution in [1.29, 1.82) is 0 Å². The summed E-state index contributed by atoms with van der Waals surface area (Å²) >= 11 is 5.81. The van der Waals surface area contributed by atoms with Crippen molar-refractivity contribution in [1.82, 2.24) is 0 Å². The molecule has 0 aliphatic heterocycles. The SMILES string of the molecule is CC(=O)C[C@H](C[N+](=O)[O-])c1cccc(Cl)c1. The van der Waals surface area contributed by atoms with Crippen molar-refractivity contribution in [3.63, 3.8) is 0 Å². The molecule has 5 heteroatoms. The lowest BCUT2D eigenvalue weighted by atomic mass is 9.94. The maximum absolute atomic E-state index is 11.0. The Morgan fingerprint density at radius 1 is 1.56 bits per heavy atom. The molecule has 86 valence electrons. The summed E-state index contributed by atoms with van der Waals surface area (Å²) in [4.78, 5) is 21.1. The molecular formula is C11H12ClNO3. The van der Waals surface area contributed by atoms with E-state index in [1.807, 2.05) is 0 Å². The van der Waals surface area contributed by atoms with Crippen molar-refractivity contribution < 1.29 is 9.72 Å². The molecule has 0 fully saturated rings. The van der Waals surface area contributed by atoms with E-state index in [9.17, 15) is 14.9 Å². The van der Waals surface area contributed by atoms with E-state index in [4.69, 9.17) is 11.6 Å². The summed E-state index contributed by atoms with van der Waals surface area (Å²) in [6.45, 7) is 1.18. The largest absolute Gasteiger partial charge is 0.300 e. The molecule has 0 saturated carbocycles. The zero-order chi connectivity index (χ0) is 12.1. The number of rotatable bonds is 5. The maximum Gasteiger partial charge on any atom is 0.211 e. The molecule has 1 aromatic rings. The highest BCUT2D eigenvalue weighted by molar-refractivity contribution is 6.30. The first-order valence-electron chi connectivity index (χ1n) is 4.85. The van der Waals surface area contributed by atoms with Gasteiger partial charge in [0.1, 0.15) is 5.78 Å². The van der Waals surface area contributed by atoms with Gasteiger partial charge < -0.3 is 4.79 Å². The summed E-state index contributed by atoms with van der Waals surface area (Å²) in [5.74, 6) is -0.460. The van der Waals surface area contributed by atoms with Crippen LogP contribution in [0.15, 0.2) is 24.3 Å². The van der Waals surface area contributed by atoms with Crippen LogP contribution in [0, 0.1) is 10.1 Å². The Labute approximate surface area is 98.4 Å². The topological polar surface area (TPSA) is 60.2 Å². The Hall–Kier alpha value is -1.42. The molecule has 0 heterocycles. The lowest BCUT2D eigenvalue weighted by Crippen LogP contribution is -2.15. The first kappa shape index (κ1) is 12.6. The Balaban J connectivity index is 2.90. The molecular weight excluding hydrogens is 230 g/mol. The minimum Gasteiger partial charge on any atom is -0.300 e. The number of carbonyl (C=O) groups is 1. The average molecular weight is 242 g/mol. The molecule has 0 aliphatic carbocycles. The van der Waals surface area contributed by atoms with E-state index in [2.05, 4.69) is 0 Å². The predicted molar refractivity (Wildman–Crippen MR) is 61.4 cm³/mol. The average Bonchev–Trinajstić information content (AvgIpc) is 2.15. The second-order valence-electron chi connectivity index (χ2n) is 3.67. The minimum absolute atomic E-state index is 0.0631. The van der Waals surface area contributed by atoms with Crippen molar-refractivity contribution >= 4 is 17.4 Å². The second kappa shape index (κ2) is 5.61. The van der Waals surface area contributed by atoms with Gasteiger partial charge in [0.05, 0.1) is 5.92 Å². The molecule has 1 atom stereocenters.